The molecule has 78 valence electrons. The lowest BCUT2D eigenvalue weighted by atomic mass is 9.99. The largest absolute Gasteiger partial charge is 0.395 e. The number of rotatable bonds is 3. The first-order valence-electron chi connectivity index (χ1n) is 4.37. The van der Waals surface area contributed by atoms with E-state index in [0.717, 1.165) is 0 Å². The number of aliphatic hydroxyl groups is 2. The molecule has 4 N–H and O–H groups in total. The van der Waals surface area contributed by atoms with Gasteiger partial charge in [-0.05, 0) is 30.2 Å². The fourth-order valence-corrected chi connectivity index (χ4v) is 1.30. The second-order valence-electron chi connectivity index (χ2n) is 3.29. The van der Waals surface area contributed by atoms with Crippen LogP contribution in [0.25, 0.3) is 0 Å². The molecule has 1 aromatic rings. The van der Waals surface area contributed by atoms with E-state index in [0.29, 0.717) is 11.1 Å². The molecule has 0 bridgehead atoms. The number of benzene rings is 1. The Hall–Kier alpha value is -0.970. The van der Waals surface area contributed by atoms with Crippen molar-refractivity contribution in [3.8, 4) is 0 Å². The zero-order valence-electron chi connectivity index (χ0n) is 7.94. The molecule has 0 saturated carbocycles. The van der Waals surface area contributed by atoms with E-state index in [9.17, 15) is 9.50 Å². The van der Waals surface area contributed by atoms with Gasteiger partial charge in [0.25, 0.3) is 0 Å². The van der Waals surface area contributed by atoms with E-state index >= 15 is 0 Å². The quantitative estimate of drug-likeness (QED) is 0.663. The third-order valence-electron chi connectivity index (χ3n) is 2.17. The van der Waals surface area contributed by atoms with Crippen LogP contribution in [0.2, 0.25) is 0 Å². The predicted molar refractivity (Wildman–Crippen MR) is 51.2 cm³/mol. The molecular weight excluding hydrogens is 185 g/mol. The highest BCUT2D eigenvalue weighted by Gasteiger charge is 2.17. The Bertz CT molecular complexity index is 317. The fourth-order valence-electron chi connectivity index (χ4n) is 1.30. The van der Waals surface area contributed by atoms with E-state index in [4.69, 9.17) is 10.8 Å². The highest BCUT2D eigenvalue weighted by molar-refractivity contribution is 5.29. The van der Waals surface area contributed by atoms with Crippen LogP contribution in [0.5, 0.6) is 0 Å². The monoisotopic (exact) mass is 199 g/mol. The Morgan fingerprint density at radius 2 is 2.14 bits per heavy atom. The van der Waals surface area contributed by atoms with Gasteiger partial charge in [-0.3, -0.25) is 0 Å². The molecule has 0 heterocycles. The van der Waals surface area contributed by atoms with Crippen molar-refractivity contribution < 1.29 is 14.6 Å². The molecule has 4 heteroatoms. The number of nitrogens with two attached hydrogens (primary N) is 1. The van der Waals surface area contributed by atoms with E-state index in [-0.39, 0.29) is 12.4 Å². The minimum atomic E-state index is -0.958. The maximum atomic E-state index is 12.7. The minimum Gasteiger partial charge on any atom is -0.395 e. The summed E-state index contributed by atoms with van der Waals surface area (Å²) >= 11 is 0. The third-order valence-corrected chi connectivity index (χ3v) is 2.17. The molecule has 1 aromatic carbocycles. The van der Waals surface area contributed by atoms with Crippen LogP contribution in [0.4, 0.5) is 4.39 Å². The van der Waals surface area contributed by atoms with Crippen molar-refractivity contribution >= 4 is 0 Å². The lowest BCUT2D eigenvalue weighted by Gasteiger charge is -2.18. The molecule has 0 amide bonds. The van der Waals surface area contributed by atoms with Crippen molar-refractivity contribution in [1.82, 2.24) is 0 Å². The molecule has 0 aliphatic rings. The summed E-state index contributed by atoms with van der Waals surface area (Å²) in [6.07, 6.45) is -0.958. The Morgan fingerprint density at radius 1 is 1.50 bits per heavy atom. The number of hydrogen-bond donors (Lipinski definition) is 3. The third kappa shape index (κ3) is 2.29. The van der Waals surface area contributed by atoms with Gasteiger partial charge in [0.2, 0.25) is 0 Å². The standard InChI is InChI=1S/C10H14FNO2/c1-6-4-7(11)2-3-8(6)10(14)9(12)5-13/h2-4,9-10,13-14H,5,12H2,1H3. The zero-order valence-corrected chi connectivity index (χ0v) is 7.94. The van der Waals surface area contributed by atoms with Crippen molar-refractivity contribution in [2.45, 2.75) is 19.1 Å². The number of halogens is 1. The van der Waals surface area contributed by atoms with Gasteiger partial charge >= 0.3 is 0 Å². The minimum absolute atomic E-state index is 0.308. The Balaban J connectivity index is 2.95. The highest BCUT2D eigenvalue weighted by Crippen LogP contribution is 2.20. The molecule has 14 heavy (non-hydrogen) atoms. The van der Waals surface area contributed by atoms with Crippen LogP contribution in [0.15, 0.2) is 18.2 Å². The van der Waals surface area contributed by atoms with Crippen LogP contribution in [0, 0.1) is 12.7 Å². The molecule has 0 aliphatic heterocycles. The molecule has 3 nitrogen and oxygen atoms in total. The fraction of sp³-hybridized carbons (Fsp3) is 0.400. The first-order valence-corrected chi connectivity index (χ1v) is 4.37. The molecule has 0 fully saturated rings. The van der Waals surface area contributed by atoms with Crippen molar-refractivity contribution in [1.29, 1.82) is 0 Å². The van der Waals surface area contributed by atoms with Gasteiger partial charge in [0.1, 0.15) is 5.82 Å². The Labute approximate surface area is 82.0 Å². The summed E-state index contributed by atoms with van der Waals surface area (Å²) in [4.78, 5) is 0. The average molecular weight is 199 g/mol. The molecule has 0 aliphatic carbocycles. The first kappa shape index (κ1) is 11.1. The Morgan fingerprint density at radius 3 is 2.64 bits per heavy atom. The van der Waals surface area contributed by atoms with Crippen molar-refractivity contribution in [2.24, 2.45) is 5.73 Å². The number of aliphatic hydroxyl groups excluding tert-OH is 2. The SMILES string of the molecule is Cc1cc(F)ccc1C(O)C(N)CO. The smallest absolute Gasteiger partial charge is 0.123 e. The first-order chi connectivity index (χ1) is 6.56. The van der Waals surface area contributed by atoms with Gasteiger partial charge in [-0.1, -0.05) is 6.07 Å². The van der Waals surface area contributed by atoms with E-state index in [1.807, 2.05) is 0 Å². The molecule has 2 atom stereocenters. The zero-order chi connectivity index (χ0) is 10.7. The summed E-state index contributed by atoms with van der Waals surface area (Å²) in [7, 11) is 0. The molecule has 1 rings (SSSR count). The van der Waals surface area contributed by atoms with Crippen LogP contribution in [0.1, 0.15) is 17.2 Å². The van der Waals surface area contributed by atoms with Crippen molar-refractivity contribution in [3.05, 3.63) is 35.1 Å². The predicted octanol–water partition coefficient (Wildman–Crippen LogP) is 0.487. The summed E-state index contributed by atoms with van der Waals surface area (Å²) in [5.41, 5.74) is 6.64. The number of aryl methyl sites for hydroxylation is 1. The van der Waals surface area contributed by atoms with Crippen molar-refractivity contribution in [2.75, 3.05) is 6.61 Å². The highest BCUT2D eigenvalue weighted by atomic mass is 19.1. The van der Waals surface area contributed by atoms with Gasteiger partial charge in [-0.25, -0.2) is 4.39 Å². The van der Waals surface area contributed by atoms with Gasteiger partial charge in [0.05, 0.1) is 18.8 Å². The summed E-state index contributed by atoms with van der Waals surface area (Å²) < 4.78 is 12.7. The van der Waals surface area contributed by atoms with Gasteiger partial charge < -0.3 is 15.9 Å². The van der Waals surface area contributed by atoms with Crippen LogP contribution < -0.4 is 5.73 Å². The summed E-state index contributed by atoms with van der Waals surface area (Å²) in [6, 6.07) is 3.32. The van der Waals surface area contributed by atoms with Crippen LogP contribution in [0.3, 0.4) is 0 Å². The lowest BCUT2D eigenvalue weighted by molar-refractivity contribution is 0.109. The number of hydrogen-bond acceptors (Lipinski definition) is 3. The molecule has 0 aromatic heterocycles. The maximum Gasteiger partial charge on any atom is 0.123 e. The van der Waals surface area contributed by atoms with Crippen LogP contribution in [-0.4, -0.2) is 22.9 Å². The van der Waals surface area contributed by atoms with E-state index in [1.165, 1.54) is 18.2 Å². The normalized spacial score (nSPS) is 15.2. The summed E-state index contributed by atoms with van der Waals surface area (Å²) in [6.45, 7) is 1.38. The average Bonchev–Trinajstić information content (AvgIpc) is 2.15. The summed E-state index contributed by atoms with van der Waals surface area (Å²) in [5.74, 6) is -0.351. The molecule has 0 saturated heterocycles. The lowest BCUT2D eigenvalue weighted by Crippen LogP contribution is -2.32. The van der Waals surface area contributed by atoms with Gasteiger partial charge in [-0.2, -0.15) is 0 Å². The van der Waals surface area contributed by atoms with Gasteiger partial charge in [0, 0.05) is 0 Å². The Kier molecular flexibility index (Phi) is 3.57. The van der Waals surface area contributed by atoms with Crippen molar-refractivity contribution in [3.63, 3.8) is 0 Å². The molecule has 0 radical (unpaired) electrons. The van der Waals surface area contributed by atoms with E-state index in [1.54, 1.807) is 6.92 Å². The molecule has 0 spiro atoms. The second-order valence-corrected chi connectivity index (χ2v) is 3.29. The molecular formula is C10H14FNO2. The summed E-state index contributed by atoms with van der Waals surface area (Å²) in [5, 5.41) is 18.4. The maximum absolute atomic E-state index is 12.7. The van der Waals surface area contributed by atoms with Gasteiger partial charge in [0.15, 0.2) is 0 Å². The van der Waals surface area contributed by atoms with E-state index in [2.05, 4.69) is 0 Å². The topological polar surface area (TPSA) is 66.5 Å². The van der Waals surface area contributed by atoms with Crippen LogP contribution in [-0.2, 0) is 0 Å². The van der Waals surface area contributed by atoms with Gasteiger partial charge in [-0.15, -0.1) is 0 Å². The molecule has 2 unspecified atom stereocenters. The second kappa shape index (κ2) is 4.50. The van der Waals surface area contributed by atoms with Crippen LogP contribution >= 0.6 is 0 Å². The van der Waals surface area contributed by atoms with E-state index < -0.39 is 12.1 Å².